The van der Waals surface area contributed by atoms with E-state index >= 15 is 0 Å². The molecule has 0 bridgehead atoms. The fourth-order valence-corrected chi connectivity index (χ4v) is 18.0. The molecule has 0 N–H and O–H groups in total. The SMILES string of the molecule is CC1(C)CCC(C)(C)c2cc([Si](c3ccccc3)(c3cccc(-c4nc(-n5c6ccccc6c6ccccc65)nc(-n5c6ccccc6c6ccccc65)n4)c3)c3ccc4c(c3)C(C)(C)CCC4(C)C)ccc21. The summed E-state index contributed by atoms with van der Waals surface area (Å²) in [7, 11) is -3.16. The Hall–Kier alpha value is -7.41. The van der Waals surface area contributed by atoms with E-state index in [1.165, 1.54) is 55.8 Å². The van der Waals surface area contributed by atoms with Gasteiger partial charge >= 0.3 is 0 Å². The zero-order valence-electron chi connectivity index (χ0n) is 43.5. The van der Waals surface area contributed by atoms with Crippen LogP contribution in [0.4, 0.5) is 0 Å². The third-order valence-corrected chi connectivity index (χ3v) is 22.2. The van der Waals surface area contributed by atoms with E-state index in [-0.39, 0.29) is 21.7 Å². The van der Waals surface area contributed by atoms with Crippen LogP contribution in [0, 0.1) is 0 Å². The van der Waals surface area contributed by atoms with Crippen LogP contribution in [0.15, 0.2) is 188 Å². The minimum Gasteiger partial charge on any atom is -0.278 e. The standard InChI is InChI=1S/C67H63N5Si/c1-64(2)37-39-66(5,6)55-42-47(33-35-53(55)64)73(45-22-10-9-11-23-45,48-34-36-54-56(43-48)67(7,8)40-38-65(54,3)4)46-24-20-21-44(41-46)61-68-62(71-57-29-16-12-25-49(57)50-26-13-17-30-58(50)71)70-63(69-61)72-59-31-18-14-27-51(59)52-28-15-19-32-60(52)72/h9-36,41-43H,37-40H2,1-8H3. The third kappa shape index (κ3) is 6.97. The highest BCUT2D eigenvalue weighted by Crippen LogP contribution is 2.47. The summed E-state index contributed by atoms with van der Waals surface area (Å²) >= 11 is 0. The largest absolute Gasteiger partial charge is 0.278 e. The van der Waals surface area contributed by atoms with Crippen molar-refractivity contribution in [1.29, 1.82) is 0 Å². The normalized spacial score (nSPS) is 16.7. The highest BCUT2D eigenvalue weighted by Gasteiger charge is 2.46. The molecule has 0 atom stereocenters. The first-order valence-corrected chi connectivity index (χ1v) is 28.4. The Kier molecular flexibility index (Phi) is 10.1. The summed E-state index contributed by atoms with van der Waals surface area (Å²) in [6.45, 7) is 19.6. The number of nitrogens with zero attached hydrogens (tertiary/aromatic N) is 5. The van der Waals surface area contributed by atoms with Crippen LogP contribution in [0.1, 0.15) is 103 Å². The molecule has 0 saturated heterocycles. The van der Waals surface area contributed by atoms with Gasteiger partial charge in [0.2, 0.25) is 11.9 Å². The van der Waals surface area contributed by atoms with Gasteiger partial charge in [0.15, 0.2) is 13.9 Å². The first-order valence-electron chi connectivity index (χ1n) is 26.4. The Morgan fingerprint density at radius 2 is 0.685 bits per heavy atom. The Balaban J connectivity index is 1.12. The predicted octanol–water partition coefficient (Wildman–Crippen LogP) is 13.8. The number of hydrogen-bond donors (Lipinski definition) is 0. The lowest BCUT2D eigenvalue weighted by molar-refractivity contribution is 0.332. The van der Waals surface area contributed by atoms with E-state index in [0.29, 0.717) is 17.7 Å². The summed E-state index contributed by atoms with van der Waals surface area (Å²) in [6.07, 6.45) is 4.64. The van der Waals surface area contributed by atoms with E-state index in [1.54, 1.807) is 0 Å². The van der Waals surface area contributed by atoms with Crippen LogP contribution in [-0.4, -0.2) is 32.2 Å². The zero-order chi connectivity index (χ0) is 50.1. The van der Waals surface area contributed by atoms with Gasteiger partial charge in [-0.3, -0.25) is 9.13 Å². The monoisotopic (exact) mass is 965 g/mol. The predicted molar refractivity (Wildman–Crippen MR) is 308 cm³/mol. The Labute approximate surface area is 430 Å². The zero-order valence-corrected chi connectivity index (χ0v) is 44.5. The quantitative estimate of drug-likeness (QED) is 0.118. The fraction of sp³-hybridized carbons (Fsp3) is 0.239. The van der Waals surface area contributed by atoms with Crippen molar-refractivity contribution in [2.24, 2.45) is 0 Å². The van der Waals surface area contributed by atoms with E-state index in [4.69, 9.17) is 15.0 Å². The summed E-state index contributed by atoms with van der Waals surface area (Å²) < 4.78 is 4.46. The first kappa shape index (κ1) is 45.4. The van der Waals surface area contributed by atoms with Gasteiger partial charge in [0.25, 0.3) is 0 Å². The van der Waals surface area contributed by atoms with Gasteiger partial charge < -0.3 is 0 Å². The second-order valence-electron chi connectivity index (χ2n) is 23.8. The van der Waals surface area contributed by atoms with E-state index in [2.05, 4.69) is 253 Å². The summed E-state index contributed by atoms with van der Waals surface area (Å²) in [6, 6.07) is 70.6. The molecule has 13 rings (SSSR count). The summed E-state index contributed by atoms with van der Waals surface area (Å²) in [4.78, 5) is 16.7. The van der Waals surface area contributed by atoms with Crippen LogP contribution in [0.25, 0.3) is 66.9 Å². The molecule has 0 amide bonds. The molecule has 3 heterocycles. The topological polar surface area (TPSA) is 48.5 Å². The maximum absolute atomic E-state index is 5.59. The molecule has 5 nitrogen and oxygen atoms in total. The molecule has 2 aliphatic carbocycles. The van der Waals surface area contributed by atoms with Gasteiger partial charge in [0, 0.05) is 27.1 Å². The van der Waals surface area contributed by atoms with Gasteiger partial charge in [-0.1, -0.05) is 219 Å². The number of rotatable bonds is 7. The molecule has 0 aliphatic heterocycles. The van der Waals surface area contributed by atoms with Gasteiger partial charge in [-0.15, -0.1) is 0 Å². The summed E-state index contributed by atoms with van der Waals surface area (Å²) in [5, 5.41) is 10.1. The molecule has 0 spiro atoms. The van der Waals surface area contributed by atoms with Crippen molar-refractivity contribution >= 4 is 72.4 Å². The van der Waals surface area contributed by atoms with Crippen molar-refractivity contribution < 1.29 is 0 Å². The van der Waals surface area contributed by atoms with Gasteiger partial charge in [0.1, 0.15) is 0 Å². The average Bonchev–Trinajstić information content (AvgIpc) is 3.93. The van der Waals surface area contributed by atoms with Crippen molar-refractivity contribution in [2.75, 3.05) is 0 Å². The Morgan fingerprint density at radius 1 is 0.329 bits per heavy atom. The van der Waals surface area contributed by atoms with Gasteiger partial charge in [-0.25, -0.2) is 0 Å². The van der Waals surface area contributed by atoms with Crippen LogP contribution in [0.2, 0.25) is 0 Å². The first-order chi connectivity index (χ1) is 35.2. The molecule has 0 radical (unpaired) electrons. The second-order valence-corrected chi connectivity index (χ2v) is 27.6. The van der Waals surface area contributed by atoms with E-state index in [1.807, 2.05) is 0 Å². The molecule has 0 unspecified atom stereocenters. The summed E-state index contributed by atoms with van der Waals surface area (Å²) in [5.41, 5.74) is 11.3. The van der Waals surface area contributed by atoms with Crippen molar-refractivity contribution in [3.05, 3.63) is 210 Å². The van der Waals surface area contributed by atoms with E-state index in [9.17, 15) is 0 Å². The minimum absolute atomic E-state index is 0.0265. The van der Waals surface area contributed by atoms with E-state index in [0.717, 1.165) is 62.0 Å². The van der Waals surface area contributed by atoms with Crippen LogP contribution >= 0.6 is 0 Å². The van der Waals surface area contributed by atoms with Crippen molar-refractivity contribution in [3.63, 3.8) is 0 Å². The van der Waals surface area contributed by atoms with Crippen LogP contribution < -0.4 is 20.7 Å². The lowest BCUT2D eigenvalue weighted by atomic mass is 9.63. The highest BCUT2D eigenvalue weighted by atomic mass is 28.3. The number of para-hydroxylation sites is 4. The van der Waals surface area contributed by atoms with Gasteiger partial charge in [0.05, 0.1) is 22.1 Å². The van der Waals surface area contributed by atoms with Crippen LogP contribution in [0.3, 0.4) is 0 Å². The maximum Gasteiger partial charge on any atom is 0.240 e. The lowest BCUT2D eigenvalue weighted by Gasteiger charge is -2.45. The molecular weight excluding hydrogens is 903 g/mol. The minimum atomic E-state index is -3.16. The molecular formula is C67H63N5Si. The number of benzene rings is 8. The van der Waals surface area contributed by atoms with Crippen molar-refractivity contribution in [1.82, 2.24) is 24.1 Å². The van der Waals surface area contributed by atoms with Crippen molar-refractivity contribution in [2.45, 2.75) is 103 Å². The number of hydrogen-bond acceptors (Lipinski definition) is 3. The molecule has 73 heavy (non-hydrogen) atoms. The molecule has 11 aromatic rings. The molecule has 360 valence electrons. The average molecular weight is 966 g/mol. The molecule has 2 aliphatic rings. The lowest BCUT2D eigenvalue weighted by Crippen LogP contribution is -2.75. The van der Waals surface area contributed by atoms with Crippen molar-refractivity contribution in [3.8, 4) is 23.3 Å². The smallest absolute Gasteiger partial charge is 0.240 e. The summed E-state index contributed by atoms with van der Waals surface area (Å²) in [5.74, 6) is 1.79. The Morgan fingerprint density at radius 3 is 1.11 bits per heavy atom. The van der Waals surface area contributed by atoms with Gasteiger partial charge in [-0.05, 0) is 115 Å². The molecule has 6 heteroatoms. The van der Waals surface area contributed by atoms with E-state index < -0.39 is 8.07 Å². The molecule has 3 aromatic heterocycles. The Bertz CT molecular complexity index is 3680. The highest BCUT2D eigenvalue weighted by molar-refractivity contribution is 7.20. The molecule has 0 fully saturated rings. The number of aromatic nitrogens is 5. The third-order valence-electron chi connectivity index (χ3n) is 17.5. The van der Waals surface area contributed by atoms with Crippen LogP contribution in [-0.2, 0) is 21.7 Å². The number of fused-ring (bicyclic) bond motifs is 8. The molecule has 8 aromatic carbocycles. The maximum atomic E-state index is 5.59. The molecule has 0 saturated carbocycles. The fourth-order valence-electron chi connectivity index (χ4n) is 13.2. The second kappa shape index (κ2) is 16.3. The van der Waals surface area contributed by atoms with Crippen LogP contribution in [0.5, 0.6) is 0 Å². The van der Waals surface area contributed by atoms with Gasteiger partial charge in [-0.2, -0.15) is 15.0 Å².